The molecule has 0 radical (unpaired) electrons. The van der Waals surface area contributed by atoms with Crippen molar-refractivity contribution in [1.82, 2.24) is 0 Å². The maximum absolute atomic E-state index is 12.7. The van der Waals surface area contributed by atoms with Crippen LogP contribution in [0.25, 0.3) is 0 Å². The normalized spacial score (nSPS) is 13.1. The van der Waals surface area contributed by atoms with Crippen molar-refractivity contribution in [3.8, 4) is 6.07 Å². The molecule has 26 heavy (non-hydrogen) atoms. The van der Waals surface area contributed by atoms with Gasteiger partial charge in [0, 0.05) is 28.9 Å². The molecule has 0 atom stereocenters. The first-order valence-electron chi connectivity index (χ1n) is 8.56. The van der Waals surface area contributed by atoms with E-state index in [-0.39, 0.29) is 11.8 Å². The summed E-state index contributed by atoms with van der Waals surface area (Å²) in [4.78, 5) is 26.9. The summed E-state index contributed by atoms with van der Waals surface area (Å²) in [5.74, 6) is -0.173. The molecule has 1 aliphatic rings. The number of hydrogen-bond acceptors (Lipinski definition) is 3. The highest BCUT2D eigenvalue weighted by molar-refractivity contribution is 6.05. The van der Waals surface area contributed by atoms with E-state index in [2.05, 4.69) is 5.32 Å². The highest BCUT2D eigenvalue weighted by Gasteiger charge is 2.32. The zero-order valence-electron chi connectivity index (χ0n) is 15.2. The van der Waals surface area contributed by atoms with Crippen LogP contribution in [0.4, 0.5) is 11.4 Å². The van der Waals surface area contributed by atoms with Crippen molar-refractivity contribution in [3.63, 3.8) is 0 Å². The number of amides is 2. The van der Waals surface area contributed by atoms with Crippen LogP contribution < -0.4 is 10.2 Å². The average Bonchev–Trinajstić information content (AvgIpc) is 3.03. The van der Waals surface area contributed by atoms with Crippen LogP contribution in [0.2, 0.25) is 0 Å². The van der Waals surface area contributed by atoms with E-state index in [9.17, 15) is 9.59 Å². The Morgan fingerprint density at radius 3 is 2.42 bits per heavy atom. The summed E-state index contributed by atoms with van der Waals surface area (Å²) in [6, 6.07) is 14.2. The lowest BCUT2D eigenvalue weighted by atomic mass is 9.94. The molecule has 0 spiro atoms. The Morgan fingerprint density at radius 2 is 1.81 bits per heavy atom. The molecule has 2 aromatic rings. The molecule has 5 heteroatoms. The number of benzene rings is 2. The number of nitrogens with zero attached hydrogens (tertiary/aromatic N) is 2. The van der Waals surface area contributed by atoms with Gasteiger partial charge in [0.05, 0.1) is 11.6 Å². The van der Waals surface area contributed by atoms with Crippen molar-refractivity contribution >= 4 is 23.2 Å². The molecule has 132 valence electrons. The van der Waals surface area contributed by atoms with Gasteiger partial charge >= 0.3 is 0 Å². The zero-order valence-corrected chi connectivity index (χ0v) is 15.2. The number of nitriles is 1. The van der Waals surface area contributed by atoms with E-state index in [1.165, 1.54) is 0 Å². The van der Waals surface area contributed by atoms with Gasteiger partial charge in [-0.05, 0) is 48.4 Å². The predicted molar refractivity (Wildman–Crippen MR) is 101 cm³/mol. The van der Waals surface area contributed by atoms with Crippen LogP contribution in [0, 0.1) is 16.7 Å². The summed E-state index contributed by atoms with van der Waals surface area (Å²) in [6.07, 6.45) is 0.820. The van der Waals surface area contributed by atoms with E-state index in [0.29, 0.717) is 23.4 Å². The molecule has 1 N–H and O–H groups in total. The minimum Gasteiger partial charge on any atom is -0.322 e. The molecule has 1 heterocycles. The topological polar surface area (TPSA) is 73.2 Å². The molecule has 0 unspecified atom stereocenters. The molecule has 0 bridgehead atoms. The van der Waals surface area contributed by atoms with Crippen LogP contribution in [0.1, 0.15) is 42.3 Å². The van der Waals surface area contributed by atoms with Crippen LogP contribution in [-0.2, 0) is 11.2 Å². The van der Waals surface area contributed by atoms with E-state index >= 15 is 0 Å². The van der Waals surface area contributed by atoms with Crippen LogP contribution in [0.3, 0.4) is 0 Å². The van der Waals surface area contributed by atoms with Crippen LogP contribution in [0.5, 0.6) is 0 Å². The van der Waals surface area contributed by atoms with Crippen molar-refractivity contribution in [2.75, 3.05) is 16.8 Å². The molecular weight excluding hydrogens is 326 g/mol. The van der Waals surface area contributed by atoms with Crippen LogP contribution >= 0.6 is 0 Å². The van der Waals surface area contributed by atoms with Crippen molar-refractivity contribution < 1.29 is 9.59 Å². The second-order valence-electron chi connectivity index (χ2n) is 7.44. The van der Waals surface area contributed by atoms with Gasteiger partial charge in [-0.2, -0.15) is 5.26 Å². The summed E-state index contributed by atoms with van der Waals surface area (Å²) >= 11 is 0. The van der Waals surface area contributed by atoms with Crippen molar-refractivity contribution in [2.24, 2.45) is 5.41 Å². The Morgan fingerprint density at radius 1 is 1.12 bits per heavy atom. The summed E-state index contributed by atoms with van der Waals surface area (Å²) in [7, 11) is 0. The maximum atomic E-state index is 12.7. The first kappa shape index (κ1) is 17.7. The number of fused-ring (bicyclic) bond motifs is 1. The van der Waals surface area contributed by atoms with Gasteiger partial charge < -0.3 is 10.2 Å². The van der Waals surface area contributed by atoms with Crippen molar-refractivity contribution in [2.45, 2.75) is 27.2 Å². The van der Waals surface area contributed by atoms with Gasteiger partial charge in [0.2, 0.25) is 5.91 Å². The molecule has 0 saturated carbocycles. The van der Waals surface area contributed by atoms with Gasteiger partial charge in [0.25, 0.3) is 5.91 Å². The van der Waals surface area contributed by atoms with E-state index in [1.807, 2.05) is 45.0 Å². The third-order valence-electron chi connectivity index (χ3n) is 4.40. The van der Waals surface area contributed by atoms with E-state index in [1.54, 1.807) is 29.2 Å². The van der Waals surface area contributed by atoms with Crippen LogP contribution in [-0.4, -0.2) is 18.4 Å². The number of anilines is 2. The fraction of sp³-hybridized carbons (Fsp3) is 0.286. The van der Waals surface area contributed by atoms with Gasteiger partial charge in [-0.3, -0.25) is 9.59 Å². The fourth-order valence-electron chi connectivity index (χ4n) is 2.97. The maximum Gasteiger partial charge on any atom is 0.255 e. The smallest absolute Gasteiger partial charge is 0.255 e. The van der Waals surface area contributed by atoms with Gasteiger partial charge in [-0.15, -0.1) is 0 Å². The van der Waals surface area contributed by atoms with E-state index in [0.717, 1.165) is 17.7 Å². The third kappa shape index (κ3) is 3.45. The lowest BCUT2D eigenvalue weighted by molar-refractivity contribution is -0.125. The van der Waals surface area contributed by atoms with Crippen molar-refractivity contribution in [1.29, 1.82) is 5.26 Å². The summed E-state index contributed by atoms with van der Waals surface area (Å²) < 4.78 is 0. The van der Waals surface area contributed by atoms with E-state index < -0.39 is 5.41 Å². The predicted octanol–water partition coefficient (Wildman–Crippen LogP) is 3.75. The number of nitrogens with one attached hydrogen (secondary N) is 1. The number of hydrogen-bond donors (Lipinski definition) is 1. The molecule has 5 nitrogen and oxygen atoms in total. The highest BCUT2D eigenvalue weighted by Crippen LogP contribution is 2.34. The molecular formula is C21H21N3O2. The minimum absolute atomic E-state index is 0.0758. The zero-order chi connectivity index (χ0) is 18.9. The molecule has 0 aliphatic carbocycles. The number of carbonyl (C=O) groups is 2. The lowest BCUT2D eigenvalue weighted by Gasteiger charge is -2.26. The molecule has 0 fully saturated rings. The molecule has 1 aliphatic heterocycles. The van der Waals surface area contributed by atoms with Gasteiger partial charge in [-0.25, -0.2) is 0 Å². The minimum atomic E-state index is -0.455. The Hall–Kier alpha value is -3.13. The summed E-state index contributed by atoms with van der Waals surface area (Å²) in [5, 5.41) is 11.7. The first-order chi connectivity index (χ1) is 12.3. The Labute approximate surface area is 153 Å². The quantitative estimate of drug-likeness (QED) is 0.899. The molecule has 2 aromatic carbocycles. The van der Waals surface area contributed by atoms with E-state index in [4.69, 9.17) is 5.26 Å². The summed E-state index contributed by atoms with van der Waals surface area (Å²) in [6.45, 7) is 6.38. The largest absolute Gasteiger partial charge is 0.322 e. The summed E-state index contributed by atoms with van der Waals surface area (Å²) in [5.41, 5.74) is 3.15. The average molecular weight is 347 g/mol. The molecule has 3 rings (SSSR count). The lowest BCUT2D eigenvalue weighted by Crippen LogP contribution is -2.38. The van der Waals surface area contributed by atoms with Crippen LogP contribution in [0.15, 0.2) is 42.5 Å². The second-order valence-corrected chi connectivity index (χ2v) is 7.44. The SMILES string of the molecule is CC(C)(C)C(=O)N1CCc2ccc(NC(=O)c3ccc(C#N)cc3)cc21. The van der Waals surface area contributed by atoms with Gasteiger partial charge in [0.15, 0.2) is 0 Å². The fourth-order valence-corrected chi connectivity index (χ4v) is 2.97. The number of carbonyl (C=O) groups excluding carboxylic acids is 2. The number of rotatable bonds is 2. The molecule has 0 aromatic heterocycles. The standard InChI is InChI=1S/C21H21N3O2/c1-21(2,3)20(26)24-11-10-15-8-9-17(12-18(15)24)23-19(25)16-6-4-14(13-22)5-7-16/h4-9,12H,10-11H2,1-3H3,(H,23,25). The first-order valence-corrected chi connectivity index (χ1v) is 8.56. The molecule has 2 amide bonds. The third-order valence-corrected chi connectivity index (χ3v) is 4.40. The highest BCUT2D eigenvalue weighted by atomic mass is 16.2. The Bertz CT molecular complexity index is 902. The second kappa shape index (κ2) is 6.64. The molecule has 0 saturated heterocycles. The Balaban J connectivity index is 1.81. The van der Waals surface area contributed by atoms with Gasteiger partial charge in [-0.1, -0.05) is 26.8 Å². The monoisotopic (exact) mass is 347 g/mol. The van der Waals surface area contributed by atoms with Crippen molar-refractivity contribution in [3.05, 3.63) is 59.2 Å². The van der Waals surface area contributed by atoms with Gasteiger partial charge in [0.1, 0.15) is 0 Å². The Kier molecular flexibility index (Phi) is 4.52.